The molecule has 6 atom stereocenters. The van der Waals surface area contributed by atoms with Crippen LogP contribution in [-0.4, -0.2) is 172 Å². The molecular weight excluding hydrogens is 1230 g/mol. The number of amides is 4. The molecule has 476 valence electrons. The van der Waals surface area contributed by atoms with Gasteiger partial charge in [-0.3, -0.25) is 29.1 Å². The van der Waals surface area contributed by atoms with Gasteiger partial charge in [0.05, 0.1) is 38.1 Å². The van der Waals surface area contributed by atoms with Crippen LogP contribution in [0.15, 0.2) is 91.0 Å². The summed E-state index contributed by atoms with van der Waals surface area (Å²) in [5, 5.41) is 9.35. The Bertz CT molecular complexity index is 2640. The zero-order valence-electron chi connectivity index (χ0n) is 49.8. The van der Waals surface area contributed by atoms with Crippen LogP contribution < -0.4 is 18.9 Å². The molecule has 4 saturated heterocycles. The molecule has 4 aliphatic heterocycles. The summed E-state index contributed by atoms with van der Waals surface area (Å²) < 4.78 is 42.3. The van der Waals surface area contributed by atoms with Crippen LogP contribution in [0, 0.1) is 17.8 Å². The number of ether oxygens (including phenoxy) is 8. The largest absolute Gasteiger partial charge is 1.00 e. The number of carbonyl (C=O) groups excluding carboxylic acids is 8. The number of benzene rings is 3. The molecule has 4 amide bonds. The standard InChI is InChI=1S/C22H30N2O6.C19H25NO6.C18H23NO6.2CH4.HI.Li.H2O.H2/c1-22(2,3)30-20(26)18-17(19(25)23-11-13-28-14-12-23)9-10-24(18)21(27)29-15-16-7-5-4-6-8-16;1-19(2,3)26-17(22)15-14(16(21)24-4)10-11-20(15)18(23)25-12-13-8-6-5-7-9-13;1-18(2,3)25-16(22)14-13(15(20)21)9-10-19(14)17(23)24-11-12-7-5-4-6-8-12;;;;;;/h4-8,17-18H,9-15H2,1-3H3;5-9,14-15H,10-12H2,1-4H3;4-8,13-14H,9-11H2,1-3H3,(H,20,21);2*1H4;1H;;1H2;1H/q;;;;;;+1;;/p-1/t17-,18-;14-,15-;13-,14-;;;;;;/m000....../s1. The van der Waals surface area contributed by atoms with Gasteiger partial charge < -0.3 is 53.4 Å². The number of carboxylic acid groups (broad SMARTS) is 1. The van der Waals surface area contributed by atoms with E-state index in [4.69, 9.17) is 37.9 Å². The molecule has 0 bridgehead atoms. The summed E-state index contributed by atoms with van der Waals surface area (Å²) in [6.07, 6.45) is -1.11. The number of esters is 4. The summed E-state index contributed by atoms with van der Waals surface area (Å²) in [5.74, 6) is -6.18. The van der Waals surface area contributed by atoms with Crippen LogP contribution in [0.3, 0.4) is 0 Å². The summed E-state index contributed by atoms with van der Waals surface area (Å²) in [5.41, 5.74) is 0.241. The summed E-state index contributed by atoms with van der Waals surface area (Å²) in [6, 6.07) is 24.4. The third-order valence-corrected chi connectivity index (χ3v) is 12.9. The fraction of sp³-hybridized carbons (Fsp3) is 0.557. The van der Waals surface area contributed by atoms with E-state index >= 15 is 0 Å². The Balaban J connectivity index is 0. The number of carbonyl (C=O) groups is 9. The van der Waals surface area contributed by atoms with E-state index in [1.807, 2.05) is 91.0 Å². The summed E-state index contributed by atoms with van der Waals surface area (Å²) in [6.45, 7) is 18.3. The second kappa shape index (κ2) is 36.6. The molecule has 0 saturated carbocycles. The zero-order valence-corrected chi connectivity index (χ0v) is 52.2. The minimum Gasteiger partial charge on any atom is -0.870 e. The van der Waals surface area contributed by atoms with Crippen LogP contribution in [0.5, 0.6) is 0 Å². The van der Waals surface area contributed by atoms with Crippen LogP contribution in [0.2, 0.25) is 0 Å². The average molecular weight is 1320 g/mol. The Morgan fingerprint density at radius 3 is 1.08 bits per heavy atom. The number of rotatable bonds is 12. The average Bonchev–Trinajstić information content (AvgIpc) is 1.95. The van der Waals surface area contributed by atoms with Gasteiger partial charge in [-0.2, -0.15) is 0 Å². The monoisotopic (exact) mass is 1320 g/mol. The maximum Gasteiger partial charge on any atom is 1.00 e. The number of likely N-dealkylation sites (tertiary alicyclic amines) is 3. The van der Waals surface area contributed by atoms with Gasteiger partial charge >= 0.3 is 67.0 Å². The molecule has 0 radical (unpaired) electrons. The number of hydrogen-bond acceptors (Lipinski definition) is 18. The summed E-state index contributed by atoms with van der Waals surface area (Å²) >= 11 is 0. The number of carboxylic acids is 1. The van der Waals surface area contributed by atoms with Gasteiger partial charge in [0.15, 0.2) is 0 Å². The minimum absolute atomic E-state index is 0. The van der Waals surface area contributed by atoms with Crippen LogP contribution in [0.1, 0.15) is 115 Å². The van der Waals surface area contributed by atoms with Crippen molar-refractivity contribution < 1.29 is 112 Å². The molecule has 0 spiro atoms. The number of morpholine rings is 1. The number of halogens is 1. The van der Waals surface area contributed by atoms with Gasteiger partial charge in [-0.15, -0.1) is 24.0 Å². The van der Waals surface area contributed by atoms with Crippen LogP contribution in [-0.2, 0) is 86.5 Å². The third-order valence-electron chi connectivity index (χ3n) is 12.9. The van der Waals surface area contributed by atoms with Crippen LogP contribution in [0.25, 0.3) is 0 Å². The van der Waals surface area contributed by atoms with E-state index in [1.165, 1.54) is 16.9 Å². The Morgan fingerprint density at radius 2 is 0.779 bits per heavy atom. The van der Waals surface area contributed by atoms with Gasteiger partial charge in [-0.25, -0.2) is 28.8 Å². The Hall–Kier alpha value is -6.46. The Morgan fingerprint density at radius 1 is 0.488 bits per heavy atom. The molecule has 0 aromatic heterocycles. The molecular formula is C61H90ILiN4O19. The van der Waals surface area contributed by atoms with Crippen molar-refractivity contribution in [2.45, 2.75) is 151 Å². The molecule has 3 aromatic rings. The van der Waals surface area contributed by atoms with Crippen LogP contribution >= 0.6 is 24.0 Å². The molecule has 25 heteroatoms. The van der Waals surface area contributed by atoms with Crippen molar-refractivity contribution in [3.8, 4) is 0 Å². The van der Waals surface area contributed by atoms with Gasteiger partial charge in [0, 0.05) is 34.2 Å². The first-order valence-corrected chi connectivity index (χ1v) is 27.0. The number of aliphatic carboxylic acids is 1. The first kappa shape index (κ1) is 79.5. The fourth-order valence-corrected chi connectivity index (χ4v) is 9.29. The van der Waals surface area contributed by atoms with Crippen molar-refractivity contribution >= 4 is 78.0 Å². The van der Waals surface area contributed by atoms with Gasteiger partial charge in [-0.1, -0.05) is 106 Å². The van der Waals surface area contributed by atoms with Gasteiger partial charge in [0.2, 0.25) is 5.91 Å². The molecule has 7 rings (SSSR count). The predicted molar refractivity (Wildman–Crippen MR) is 323 cm³/mol. The SMILES string of the molecule is C.C.CC(C)(C)OC(=O)[C@@H]1[C@@H](C(=O)N2CCOCC2)CCN1C(=O)OCc1ccccc1.CC(C)(C)OC(=O)[C@@H]1[C@@H](C(=O)O)CCN1C(=O)OCc1ccccc1.COC(=O)[C@H]1CCN(C(=O)OCc2ccccc2)[C@@H]1C(=O)OC(C)(C)C.I.[HH].[Li+].[OH-]. The molecule has 0 aliphatic carbocycles. The fourth-order valence-electron chi connectivity index (χ4n) is 9.29. The van der Waals surface area contributed by atoms with Crippen molar-refractivity contribution in [3.05, 3.63) is 108 Å². The maximum atomic E-state index is 13.1. The first-order chi connectivity index (χ1) is 38.2. The normalized spacial score (nSPS) is 19.5. The predicted octanol–water partition coefficient (Wildman–Crippen LogP) is 6.15. The molecule has 86 heavy (non-hydrogen) atoms. The molecule has 2 N–H and O–H groups in total. The zero-order chi connectivity index (χ0) is 59.7. The van der Waals surface area contributed by atoms with Crippen molar-refractivity contribution in [3.63, 3.8) is 0 Å². The van der Waals surface area contributed by atoms with E-state index in [0.717, 1.165) is 21.6 Å². The maximum absolute atomic E-state index is 13.1. The van der Waals surface area contributed by atoms with E-state index in [9.17, 15) is 48.3 Å². The van der Waals surface area contributed by atoms with Crippen LogP contribution in [0.4, 0.5) is 14.4 Å². The third kappa shape index (κ3) is 24.4. The van der Waals surface area contributed by atoms with Crippen molar-refractivity contribution in [1.82, 2.24) is 19.6 Å². The molecule has 4 fully saturated rings. The van der Waals surface area contributed by atoms with Crippen molar-refractivity contribution in [2.75, 3.05) is 53.0 Å². The first-order valence-electron chi connectivity index (χ1n) is 27.0. The summed E-state index contributed by atoms with van der Waals surface area (Å²) in [7, 11) is 1.25. The second-order valence-corrected chi connectivity index (χ2v) is 22.6. The quantitative estimate of drug-likeness (QED) is 0.0921. The number of nitrogens with zero attached hydrogens (tertiary/aromatic N) is 4. The van der Waals surface area contributed by atoms with E-state index in [1.54, 1.807) is 67.2 Å². The molecule has 3 aromatic carbocycles. The Labute approximate surface area is 536 Å². The second-order valence-electron chi connectivity index (χ2n) is 22.6. The smallest absolute Gasteiger partial charge is 0.870 e. The van der Waals surface area contributed by atoms with Gasteiger partial charge in [0.25, 0.3) is 0 Å². The van der Waals surface area contributed by atoms with E-state index in [-0.39, 0.29) is 116 Å². The number of hydrogen-bond donors (Lipinski definition) is 1. The minimum atomic E-state index is -1.18. The molecule has 23 nitrogen and oxygen atoms in total. The van der Waals surface area contributed by atoms with E-state index in [0.29, 0.717) is 39.1 Å². The van der Waals surface area contributed by atoms with Crippen molar-refractivity contribution in [2.24, 2.45) is 17.8 Å². The van der Waals surface area contributed by atoms with Gasteiger partial charge in [0.1, 0.15) is 54.7 Å². The Kier molecular flexibility index (Phi) is 33.9. The molecule has 4 heterocycles. The molecule has 0 unspecified atom stereocenters. The topological polar surface area (TPSA) is 291 Å². The van der Waals surface area contributed by atoms with E-state index in [2.05, 4.69) is 0 Å². The summed E-state index contributed by atoms with van der Waals surface area (Å²) in [4.78, 5) is 118. The molecule has 4 aliphatic rings. The van der Waals surface area contributed by atoms with E-state index < -0.39 is 101 Å². The van der Waals surface area contributed by atoms with Gasteiger partial charge in [-0.05, 0) is 98.3 Å². The number of methoxy groups -OCH3 is 1. The van der Waals surface area contributed by atoms with Crippen molar-refractivity contribution in [1.29, 1.82) is 0 Å².